The third-order valence-corrected chi connectivity index (χ3v) is 1.90. The van der Waals surface area contributed by atoms with Gasteiger partial charge in [0.05, 0.1) is 18.4 Å². The summed E-state index contributed by atoms with van der Waals surface area (Å²) < 4.78 is 28.5. The second kappa shape index (κ2) is 4.41. The van der Waals surface area contributed by atoms with Crippen LogP contribution in [0.5, 0.6) is 0 Å². The van der Waals surface area contributed by atoms with E-state index < -0.39 is 18.9 Å². The predicted octanol–water partition coefficient (Wildman–Crippen LogP) is 2.27. The van der Waals surface area contributed by atoms with E-state index in [2.05, 4.69) is 4.42 Å². The number of hydrogen-bond donors (Lipinski definition) is 0. The van der Waals surface area contributed by atoms with Gasteiger partial charge in [0.25, 0.3) is 12.3 Å². The molecule has 0 radical (unpaired) electrons. The van der Waals surface area contributed by atoms with E-state index in [1.165, 1.54) is 19.4 Å². The van der Waals surface area contributed by atoms with Crippen molar-refractivity contribution >= 4 is 17.5 Å². The van der Waals surface area contributed by atoms with Gasteiger partial charge in [0, 0.05) is 7.05 Å². The van der Waals surface area contributed by atoms with E-state index in [1.54, 1.807) is 0 Å². The van der Waals surface area contributed by atoms with Crippen LogP contribution < -0.4 is 0 Å². The van der Waals surface area contributed by atoms with Gasteiger partial charge in [0.2, 0.25) is 5.22 Å². The first-order valence-electron chi connectivity index (χ1n) is 3.79. The molecule has 78 valence electrons. The molecule has 0 aromatic carbocycles. The zero-order valence-corrected chi connectivity index (χ0v) is 8.09. The fourth-order valence-corrected chi connectivity index (χ4v) is 1.14. The standard InChI is InChI=1S/C8H8ClF2NO2/c1-12(4-6(10)11)8(13)5-2-3-14-7(5)9/h2-3,6H,4H2,1H3. The Morgan fingerprint density at radius 3 is 2.79 bits per heavy atom. The summed E-state index contributed by atoms with van der Waals surface area (Å²) in [6.45, 7) is -0.625. The second-order valence-electron chi connectivity index (χ2n) is 2.68. The number of alkyl halides is 2. The van der Waals surface area contributed by atoms with Crippen molar-refractivity contribution < 1.29 is 18.0 Å². The van der Waals surface area contributed by atoms with Gasteiger partial charge < -0.3 is 9.32 Å². The third kappa shape index (κ3) is 2.45. The summed E-state index contributed by atoms with van der Waals surface area (Å²) in [5.74, 6) is -0.580. The van der Waals surface area contributed by atoms with E-state index in [9.17, 15) is 13.6 Å². The summed E-state index contributed by atoms with van der Waals surface area (Å²) in [5, 5.41) is -0.0869. The summed E-state index contributed by atoms with van der Waals surface area (Å²) in [4.78, 5) is 12.3. The number of halogens is 3. The lowest BCUT2D eigenvalue weighted by molar-refractivity contribution is 0.0620. The Morgan fingerprint density at radius 2 is 2.36 bits per heavy atom. The molecule has 0 atom stereocenters. The van der Waals surface area contributed by atoms with Crippen molar-refractivity contribution in [1.82, 2.24) is 4.90 Å². The van der Waals surface area contributed by atoms with E-state index >= 15 is 0 Å². The normalized spacial score (nSPS) is 10.6. The van der Waals surface area contributed by atoms with Crippen LogP contribution in [0.2, 0.25) is 5.22 Å². The zero-order valence-electron chi connectivity index (χ0n) is 7.34. The molecule has 1 aromatic rings. The number of hydrogen-bond acceptors (Lipinski definition) is 2. The predicted molar refractivity (Wildman–Crippen MR) is 46.7 cm³/mol. The van der Waals surface area contributed by atoms with Crippen LogP contribution in [0, 0.1) is 0 Å². The van der Waals surface area contributed by atoms with Crippen LogP contribution >= 0.6 is 11.6 Å². The molecule has 0 aliphatic rings. The Kier molecular flexibility index (Phi) is 3.46. The van der Waals surface area contributed by atoms with Gasteiger partial charge in [-0.25, -0.2) is 8.78 Å². The smallest absolute Gasteiger partial charge is 0.258 e. The van der Waals surface area contributed by atoms with Crippen molar-refractivity contribution in [2.45, 2.75) is 6.43 Å². The average Bonchev–Trinajstić information content (AvgIpc) is 2.48. The molecule has 0 unspecified atom stereocenters. The molecule has 0 saturated carbocycles. The molecule has 0 bridgehead atoms. The van der Waals surface area contributed by atoms with Gasteiger partial charge in [0.1, 0.15) is 0 Å². The molecule has 1 heterocycles. The van der Waals surface area contributed by atoms with Crippen LogP contribution in [0.3, 0.4) is 0 Å². The fourth-order valence-electron chi connectivity index (χ4n) is 0.942. The first-order valence-corrected chi connectivity index (χ1v) is 4.16. The summed E-state index contributed by atoms with van der Waals surface area (Å²) in [5.41, 5.74) is 0.0924. The molecular formula is C8H8ClF2NO2. The maximum Gasteiger partial charge on any atom is 0.258 e. The van der Waals surface area contributed by atoms with Crippen LogP contribution in [-0.4, -0.2) is 30.8 Å². The minimum Gasteiger partial charge on any atom is -0.452 e. The highest BCUT2D eigenvalue weighted by Gasteiger charge is 2.19. The van der Waals surface area contributed by atoms with Crippen molar-refractivity contribution in [3.63, 3.8) is 0 Å². The molecule has 1 aromatic heterocycles. The Balaban J connectivity index is 2.71. The topological polar surface area (TPSA) is 33.5 Å². The minimum absolute atomic E-state index is 0.0869. The molecule has 14 heavy (non-hydrogen) atoms. The molecule has 1 rings (SSSR count). The lowest BCUT2D eigenvalue weighted by atomic mass is 10.3. The Hall–Kier alpha value is -1.10. The second-order valence-corrected chi connectivity index (χ2v) is 3.03. The number of furan rings is 1. The Morgan fingerprint density at radius 1 is 1.71 bits per heavy atom. The molecule has 6 heteroatoms. The van der Waals surface area contributed by atoms with Crippen LogP contribution in [0.4, 0.5) is 8.78 Å². The lowest BCUT2D eigenvalue weighted by Gasteiger charge is -2.15. The van der Waals surface area contributed by atoms with Gasteiger partial charge in [-0.15, -0.1) is 0 Å². The van der Waals surface area contributed by atoms with E-state index in [4.69, 9.17) is 11.6 Å². The highest BCUT2D eigenvalue weighted by Crippen LogP contribution is 2.18. The van der Waals surface area contributed by atoms with Gasteiger partial charge in [-0.2, -0.15) is 0 Å². The van der Waals surface area contributed by atoms with Crippen LogP contribution in [0.1, 0.15) is 10.4 Å². The lowest BCUT2D eigenvalue weighted by Crippen LogP contribution is -2.31. The van der Waals surface area contributed by atoms with Gasteiger partial charge >= 0.3 is 0 Å². The highest BCUT2D eigenvalue weighted by atomic mass is 35.5. The molecule has 0 spiro atoms. The summed E-state index contributed by atoms with van der Waals surface area (Å²) in [7, 11) is 1.28. The Labute approximate surface area is 84.2 Å². The molecule has 0 saturated heterocycles. The van der Waals surface area contributed by atoms with Crippen LogP contribution in [-0.2, 0) is 0 Å². The molecule has 1 amide bonds. The molecule has 3 nitrogen and oxygen atoms in total. The van der Waals surface area contributed by atoms with E-state index in [0.717, 1.165) is 4.90 Å². The van der Waals surface area contributed by atoms with Crippen molar-refractivity contribution in [3.8, 4) is 0 Å². The SMILES string of the molecule is CN(CC(F)F)C(=O)c1ccoc1Cl. The number of carbonyl (C=O) groups is 1. The van der Waals surface area contributed by atoms with Gasteiger partial charge in [0.15, 0.2) is 0 Å². The van der Waals surface area contributed by atoms with E-state index in [0.29, 0.717) is 0 Å². The van der Waals surface area contributed by atoms with E-state index in [1.807, 2.05) is 0 Å². The number of rotatable bonds is 3. The van der Waals surface area contributed by atoms with Crippen molar-refractivity contribution in [2.24, 2.45) is 0 Å². The van der Waals surface area contributed by atoms with Crippen LogP contribution in [0.25, 0.3) is 0 Å². The largest absolute Gasteiger partial charge is 0.452 e. The zero-order chi connectivity index (χ0) is 10.7. The first-order chi connectivity index (χ1) is 6.52. The van der Waals surface area contributed by atoms with Crippen LogP contribution in [0.15, 0.2) is 16.7 Å². The van der Waals surface area contributed by atoms with Crippen molar-refractivity contribution in [1.29, 1.82) is 0 Å². The Bertz CT molecular complexity index is 327. The summed E-state index contributed by atoms with van der Waals surface area (Å²) in [6, 6.07) is 1.34. The average molecular weight is 224 g/mol. The quantitative estimate of drug-likeness (QED) is 0.788. The molecule has 0 N–H and O–H groups in total. The molecule has 0 aliphatic heterocycles. The molecule has 0 aliphatic carbocycles. The molecule has 0 fully saturated rings. The van der Waals surface area contributed by atoms with Gasteiger partial charge in [-0.1, -0.05) is 0 Å². The molecular weight excluding hydrogens is 216 g/mol. The van der Waals surface area contributed by atoms with Crippen molar-refractivity contribution in [3.05, 3.63) is 23.1 Å². The number of carbonyl (C=O) groups excluding carboxylic acids is 1. The van der Waals surface area contributed by atoms with E-state index in [-0.39, 0.29) is 10.8 Å². The fraction of sp³-hybridized carbons (Fsp3) is 0.375. The minimum atomic E-state index is -2.56. The number of amides is 1. The monoisotopic (exact) mass is 223 g/mol. The highest BCUT2D eigenvalue weighted by molar-refractivity contribution is 6.32. The van der Waals surface area contributed by atoms with Gasteiger partial charge in [-0.05, 0) is 17.7 Å². The maximum absolute atomic E-state index is 11.9. The van der Waals surface area contributed by atoms with Crippen molar-refractivity contribution in [2.75, 3.05) is 13.6 Å². The summed E-state index contributed by atoms with van der Waals surface area (Å²) in [6.07, 6.45) is -1.33. The first kappa shape index (κ1) is 11.0. The third-order valence-electron chi connectivity index (χ3n) is 1.61. The van der Waals surface area contributed by atoms with Gasteiger partial charge in [-0.3, -0.25) is 4.79 Å². The number of nitrogens with zero attached hydrogens (tertiary/aromatic N) is 1. The summed E-state index contributed by atoms with van der Waals surface area (Å²) >= 11 is 5.51. The maximum atomic E-state index is 11.9.